The minimum absolute atomic E-state index is 0.174. The van der Waals surface area contributed by atoms with Gasteiger partial charge in [0.05, 0.1) is 5.56 Å². The first-order valence-electron chi connectivity index (χ1n) is 7.34. The Kier molecular flexibility index (Phi) is 5.18. The molecule has 0 N–H and O–H groups in total. The first-order valence-corrected chi connectivity index (χ1v) is 8.70. The molecule has 0 bridgehead atoms. The fourth-order valence-electron chi connectivity index (χ4n) is 2.26. The summed E-state index contributed by atoms with van der Waals surface area (Å²) < 4.78 is 1.45. The molecule has 2 aromatic carbocycles. The molecule has 3 nitrogen and oxygen atoms in total. The van der Waals surface area contributed by atoms with Gasteiger partial charge in [-0.05, 0) is 42.0 Å². The first-order chi connectivity index (χ1) is 11.6. The molecule has 0 aliphatic heterocycles. The summed E-state index contributed by atoms with van der Waals surface area (Å²) in [6.07, 6.45) is 1.64. The molecule has 1 aromatic heterocycles. The number of nitrogens with zero attached hydrogens (tertiary/aromatic N) is 1. The minimum atomic E-state index is -0.328. The number of halogens is 1. The third-order valence-corrected chi connectivity index (χ3v) is 4.70. The SMILES string of the molecule is O=C(SCc1ccccc1)c1cccn(-c2ccc(Cl)cc2)c1=O. The molecule has 0 saturated heterocycles. The topological polar surface area (TPSA) is 39.1 Å². The van der Waals surface area contributed by atoms with Gasteiger partial charge in [-0.15, -0.1) is 0 Å². The maximum absolute atomic E-state index is 12.6. The third kappa shape index (κ3) is 3.78. The lowest BCUT2D eigenvalue weighted by atomic mass is 10.2. The maximum atomic E-state index is 12.6. The number of thioether (sulfide) groups is 1. The number of rotatable bonds is 4. The lowest BCUT2D eigenvalue weighted by molar-refractivity contribution is 0.108. The van der Waals surface area contributed by atoms with Gasteiger partial charge in [0.25, 0.3) is 5.56 Å². The Bertz CT molecular complexity index is 905. The van der Waals surface area contributed by atoms with Crippen LogP contribution in [0.15, 0.2) is 77.7 Å². The molecule has 1 heterocycles. The van der Waals surface area contributed by atoms with E-state index in [-0.39, 0.29) is 16.2 Å². The van der Waals surface area contributed by atoms with Gasteiger partial charge in [-0.25, -0.2) is 0 Å². The molecule has 24 heavy (non-hydrogen) atoms. The number of carbonyl (C=O) groups is 1. The zero-order valence-electron chi connectivity index (χ0n) is 12.7. The van der Waals surface area contributed by atoms with Crippen LogP contribution in [0, 0.1) is 0 Å². The van der Waals surface area contributed by atoms with E-state index in [0.29, 0.717) is 16.5 Å². The summed E-state index contributed by atoms with van der Waals surface area (Å²) in [6.45, 7) is 0. The van der Waals surface area contributed by atoms with Gasteiger partial charge >= 0.3 is 0 Å². The molecular weight excluding hydrogens is 342 g/mol. The van der Waals surface area contributed by atoms with Crippen molar-refractivity contribution in [2.24, 2.45) is 0 Å². The van der Waals surface area contributed by atoms with Crippen molar-refractivity contribution in [1.82, 2.24) is 4.57 Å². The summed E-state index contributed by atoms with van der Waals surface area (Å²) in [4.78, 5) is 25.0. The molecule has 0 saturated carbocycles. The Hall–Kier alpha value is -2.30. The van der Waals surface area contributed by atoms with Crippen molar-refractivity contribution in [3.8, 4) is 5.69 Å². The average Bonchev–Trinajstić information content (AvgIpc) is 2.62. The smallest absolute Gasteiger partial charge is 0.266 e. The van der Waals surface area contributed by atoms with E-state index in [0.717, 1.165) is 17.3 Å². The zero-order valence-corrected chi connectivity index (χ0v) is 14.3. The summed E-state index contributed by atoms with van der Waals surface area (Å²) in [5, 5.41) is 0.365. The van der Waals surface area contributed by atoms with E-state index < -0.39 is 0 Å². The Morgan fingerprint density at radius 1 is 0.958 bits per heavy atom. The Labute approximate surface area is 148 Å². The molecule has 0 unspecified atom stereocenters. The van der Waals surface area contributed by atoms with Crippen LogP contribution in [-0.4, -0.2) is 9.68 Å². The number of aromatic nitrogens is 1. The van der Waals surface area contributed by atoms with Crippen LogP contribution in [-0.2, 0) is 5.75 Å². The molecule has 5 heteroatoms. The van der Waals surface area contributed by atoms with E-state index in [1.807, 2.05) is 30.3 Å². The zero-order chi connectivity index (χ0) is 16.9. The van der Waals surface area contributed by atoms with Gasteiger partial charge in [-0.1, -0.05) is 53.7 Å². The second-order valence-corrected chi connectivity index (χ2v) is 6.52. The van der Waals surface area contributed by atoms with Crippen molar-refractivity contribution >= 4 is 28.5 Å². The molecule has 120 valence electrons. The van der Waals surface area contributed by atoms with Gasteiger partial charge in [0.2, 0.25) is 5.12 Å². The molecule has 0 amide bonds. The predicted octanol–water partition coefficient (Wildman–Crippen LogP) is 4.56. The predicted molar refractivity (Wildman–Crippen MR) is 99.1 cm³/mol. The van der Waals surface area contributed by atoms with Gasteiger partial charge in [0, 0.05) is 22.7 Å². The van der Waals surface area contributed by atoms with Gasteiger partial charge < -0.3 is 0 Å². The lowest BCUT2D eigenvalue weighted by Gasteiger charge is -2.08. The number of pyridine rings is 1. The van der Waals surface area contributed by atoms with Crippen LogP contribution in [0.3, 0.4) is 0 Å². The van der Waals surface area contributed by atoms with E-state index in [1.165, 1.54) is 4.57 Å². The highest BCUT2D eigenvalue weighted by Gasteiger charge is 2.13. The second kappa shape index (κ2) is 7.51. The summed E-state index contributed by atoms with van der Waals surface area (Å²) >= 11 is 7.01. The van der Waals surface area contributed by atoms with E-state index in [9.17, 15) is 9.59 Å². The van der Waals surface area contributed by atoms with Crippen LogP contribution in [0.25, 0.3) is 5.69 Å². The van der Waals surface area contributed by atoms with Crippen molar-refractivity contribution in [1.29, 1.82) is 0 Å². The van der Waals surface area contributed by atoms with Crippen LogP contribution in [0.1, 0.15) is 15.9 Å². The number of benzene rings is 2. The van der Waals surface area contributed by atoms with Gasteiger partial charge in [0.15, 0.2) is 0 Å². The standard InChI is InChI=1S/C19H14ClNO2S/c20-15-8-10-16(11-9-15)21-12-4-7-17(18(21)22)19(23)24-13-14-5-2-1-3-6-14/h1-12H,13H2. The monoisotopic (exact) mass is 355 g/mol. The molecule has 0 aliphatic carbocycles. The molecule has 3 rings (SSSR count). The molecule has 0 atom stereocenters. The molecular formula is C19H14ClNO2S. The summed E-state index contributed by atoms with van der Waals surface area (Å²) in [5.41, 5.74) is 1.57. The fourth-order valence-corrected chi connectivity index (χ4v) is 3.18. The van der Waals surface area contributed by atoms with Crippen molar-refractivity contribution in [3.05, 3.63) is 99.4 Å². The van der Waals surface area contributed by atoms with Crippen LogP contribution in [0.5, 0.6) is 0 Å². The highest BCUT2D eigenvalue weighted by Crippen LogP contribution is 2.17. The van der Waals surface area contributed by atoms with E-state index in [1.54, 1.807) is 42.6 Å². The molecule has 0 spiro atoms. The highest BCUT2D eigenvalue weighted by molar-refractivity contribution is 8.13. The van der Waals surface area contributed by atoms with E-state index in [2.05, 4.69) is 0 Å². The molecule has 0 aliphatic rings. The summed E-state index contributed by atoms with van der Waals surface area (Å²) in [5.74, 6) is 0.537. The first kappa shape index (κ1) is 16.6. The normalized spacial score (nSPS) is 10.5. The third-order valence-electron chi connectivity index (χ3n) is 3.48. The lowest BCUT2D eigenvalue weighted by Crippen LogP contribution is -2.23. The summed E-state index contributed by atoms with van der Waals surface area (Å²) in [7, 11) is 0. The highest BCUT2D eigenvalue weighted by atomic mass is 35.5. The fraction of sp³-hybridized carbons (Fsp3) is 0.0526. The van der Waals surface area contributed by atoms with Crippen LogP contribution in [0.4, 0.5) is 0 Å². The largest absolute Gasteiger partial charge is 0.284 e. The van der Waals surface area contributed by atoms with Crippen LogP contribution >= 0.6 is 23.4 Å². The van der Waals surface area contributed by atoms with Gasteiger partial charge in [0.1, 0.15) is 0 Å². The van der Waals surface area contributed by atoms with Crippen molar-refractivity contribution in [3.63, 3.8) is 0 Å². The number of hydrogen-bond donors (Lipinski definition) is 0. The van der Waals surface area contributed by atoms with E-state index in [4.69, 9.17) is 11.6 Å². The Morgan fingerprint density at radius 2 is 1.67 bits per heavy atom. The van der Waals surface area contributed by atoms with E-state index >= 15 is 0 Å². The number of hydrogen-bond acceptors (Lipinski definition) is 3. The molecule has 3 aromatic rings. The number of carbonyl (C=O) groups excluding carboxylic acids is 1. The maximum Gasteiger partial charge on any atom is 0.266 e. The second-order valence-electron chi connectivity index (χ2n) is 5.14. The van der Waals surface area contributed by atoms with Gasteiger partial charge in [-0.3, -0.25) is 14.2 Å². The Morgan fingerprint density at radius 3 is 2.38 bits per heavy atom. The van der Waals surface area contributed by atoms with Crippen molar-refractivity contribution < 1.29 is 4.79 Å². The van der Waals surface area contributed by atoms with Gasteiger partial charge in [-0.2, -0.15) is 0 Å². The summed E-state index contributed by atoms with van der Waals surface area (Å²) in [6, 6.07) is 19.9. The quantitative estimate of drug-likeness (QED) is 0.688. The Balaban J connectivity index is 1.83. The minimum Gasteiger partial charge on any atom is -0.284 e. The van der Waals surface area contributed by atoms with Crippen LogP contribution in [0.2, 0.25) is 5.02 Å². The van der Waals surface area contributed by atoms with Crippen LogP contribution < -0.4 is 5.56 Å². The van der Waals surface area contributed by atoms with Crippen molar-refractivity contribution in [2.45, 2.75) is 5.75 Å². The molecule has 0 radical (unpaired) electrons. The van der Waals surface area contributed by atoms with Crippen molar-refractivity contribution in [2.75, 3.05) is 0 Å². The molecule has 0 fully saturated rings. The average molecular weight is 356 g/mol.